The Hall–Kier alpha value is -0.0400. The van der Waals surface area contributed by atoms with Crippen LogP contribution in [0.15, 0.2) is 0 Å². The Kier molecular flexibility index (Phi) is 2.94. The first-order valence-corrected chi connectivity index (χ1v) is 4.76. The van der Waals surface area contributed by atoms with E-state index >= 15 is 0 Å². The van der Waals surface area contributed by atoms with Crippen LogP contribution in [0.1, 0.15) is 46.5 Å². The molecule has 0 aliphatic carbocycles. The van der Waals surface area contributed by atoms with E-state index in [1.807, 2.05) is 0 Å². The van der Waals surface area contributed by atoms with E-state index in [1.165, 1.54) is 25.7 Å². The second-order valence-corrected chi connectivity index (χ2v) is 4.40. The van der Waals surface area contributed by atoms with Crippen LogP contribution in [-0.2, 0) is 4.74 Å². The minimum atomic E-state index is 0.526. The van der Waals surface area contributed by atoms with Crippen molar-refractivity contribution in [2.24, 2.45) is 5.41 Å². The Labute approximate surface area is 70.1 Å². The average molecular weight is 156 g/mol. The van der Waals surface area contributed by atoms with Crippen LogP contribution >= 0.6 is 0 Å². The summed E-state index contributed by atoms with van der Waals surface area (Å²) >= 11 is 0. The molecule has 1 aliphatic heterocycles. The van der Waals surface area contributed by atoms with Crippen LogP contribution in [0.3, 0.4) is 0 Å². The predicted molar refractivity (Wildman–Crippen MR) is 47.7 cm³/mol. The fraction of sp³-hybridized carbons (Fsp3) is 1.00. The summed E-state index contributed by atoms with van der Waals surface area (Å²) in [6.45, 7) is 7.89. The maximum absolute atomic E-state index is 5.65. The molecule has 0 aromatic heterocycles. The van der Waals surface area contributed by atoms with Gasteiger partial charge in [-0.1, -0.05) is 27.2 Å². The van der Waals surface area contributed by atoms with Crippen molar-refractivity contribution >= 4 is 0 Å². The lowest BCUT2D eigenvalue weighted by atomic mass is 9.81. The number of rotatable bonds is 2. The van der Waals surface area contributed by atoms with Crippen molar-refractivity contribution in [2.75, 3.05) is 6.61 Å². The summed E-state index contributed by atoms with van der Waals surface area (Å²) in [5.41, 5.74) is 0.526. The molecule has 0 aromatic carbocycles. The maximum atomic E-state index is 5.65. The second-order valence-electron chi connectivity index (χ2n) is 4.40. The Morgan fingerprint density at radius 1 is 1.45 bits per heavy atom. The van der Waals surface area contributed by atoms with Crippen LogP contribution in [0.25, 0.3) is 0 Å². The largest absolute Gasteiger partial charge is 0.378 e. The monoisotopic (exact) mass is 156 g/mol. The lowest BCUT2D eigenvalue weighted by Gasteiger charge is -2.35. The molecular weight excluding hydrogens is 136 g/mol. The van der Waals surface area contributed by atoms with E-state index in [2.05, 4.69) is 20.8 Å². The highest BCUT2D eigenvalue weighted by atomic mass is 16.5. The van der Waals surface area contributed by atoms with Gasteiger partial charge in [-0.25, -0.2) is 0 Å². The standard InChI is InChI=1S/C10H20O/c1-4-5-9-8-10(2,3)6-7-11-9/h9H,4-8H2,1-3H3/t9-/m1/s1. The fourth-order valence-electron chi connectivity index (χ4n) is 1.79. The van der Waals surface area contributed by atoms with E-state index in [9.17, 15) is 0 Å². The van der Waals surface area contributed by atoms with Crippen LogP contribution in [-0.4, -0.2) is 12.7 Å². The first kappa shape index (κ1) is 9.05. The van der Waals surface area contributed by atoms with E-state index < -0.39 is 0 Å². The molecule has 0 unspecified atom stereocenters. The third-order valence-corrected chi connectivity index (χ3v) is 2.52. The molecule has 0 saturated carbocycles. The highest BCUT2D eigenvalue weighted by Crippen LogP contribution is 2.33. The first-order chi connectivity index (χ1) is 5.14. The number of hydrogen-bond donors (Lipinski definition) is 0. The first-order valence-electron chi connectivity index (χ1n) is 4.76. The molecule has 0 bridgehead atoms. The van der Waals surface area contributed by atoms with Gasteiger partial charge in [-0.3, -0.25) is 0 Å². The van der Waals surface area contributed by atoms with Crippen LogP contribution in [0.5, 0.6) is 0 Å². The molecule has 1 saturated heterocycles. The van der Waals surface area contributed by atoms with Crippen LogP contribution in [0.2, 0.25) is 0 Å². The van der Waals surface area contributed by atoms with Gasteiger partial charge in [0, 0.05) is 6.61 Å². The number of ether oxygens (including phenoxy) is 1. The molecule has 1 heterocycles. The molecule has 0 aromatic rings. The van der Waals surface area contributed by atoms with Crippen molar-refractivity contribution in [1.29, 1.82) is 0 Å². The minimum Gasteiger partial charge on any atom is -0.378 e. The van der Waals surface area contributed by atoms with Crippen LogP contribution in [0.4, 0.5) is 0 Å². The van der Waals surface area contributed by atoms with Crippen LogP contribution < -0.4 is 0 Å². The summed E-state index contributed by atoms with van der Waals surface area (Å²) < 4.78 is 5.65. The lowest BCUT2D eigenvalue weighted by molar-refractivity contribution is -0.0394. The zero-order valence-electron chi connectivity index (χ0n) is 8.02. The average Bonchev–Trinajstić information content (AvgIpc) is 1.85. The summed E-state index contributed by atoms with van der Waals surface area (Å²) in [4.78, 5) is 0. The van der Waals surface area contributed by atoms with Crippen molar-refractivity contribution in [3.8, 4) is 0 Å². The summed E-state index contributed by atoms with van der Waals surface area (Å²) in [6.07, 6.45) is 5.52. The van der Waals surface area contributed by atoms with Gasteiger partial charge in [-0.2, -0.15) is 0 Å². The molecule has 66 valence electrons. The molecule has 1 atom stereocenters. The molecule has 0 amide bonds. The Balaban J connectivity index is 2.34. The molecular formula is C10H20O. The van der Waals surface area contributed by atoms with Gasteiger partial charge in [-0.15, -0.1) is 0 Å². The van der Waals surface area contributed by atoms with Crippen LogP contribution in [0, 0.1) is 5.41 Å². The highest BCUT2D eigenvalue weighted by Gasteiger charge is 2.27. The van der Waals surface area contributed by atoms with Gasteiger partial charge in [0.1, 0.15) is 0 Å². The van der Waals surface area contributed by atoms with E-state index in [-0.39, 0.29) is 0 Å². The summed E-state index contributed by atoms with van der Waals surface area (Å²) in [7, 11) is 0. The zero-order valence-corrected chi connectivity index (χ0v) is 8.02. The molecule has 1 rings (SSSR count). The third-order valence-electron chi connectivity index (χ3n) is 2.52. The Morgan fingerprint density at radius 2 is 2.18 bits per heavy atom. The Morgan fingerprint density at radius 3 is 2.73 bits per heavy atom. The molecule has 11 heavy (non-hydrogen) atoms. The van der Waals surface area contributed by atoms with Gasteiger partial charge >= 0.3 is 0 Å². The van der Waals surface area contributed by atoms with Gasteiger partial charge in [0.15, 0.2) is 0 Å². The van der Waals surface area contributed by atoms with Crippen molar-refractivity contribution in [3.05, 3.63) is 0 Å². The second kappa shape index (κ2) is 3.57. The minimum absolute atomic E-state index is 0.526. The quantitative estimate of drug-likeness (QED) is 0.597. The van der Waals surface area contributed by atoms with Crippen molar-refractivity contribution in [1.82, 2.24) is 0 Å². The van der Waals surface area contributed by atoms with E-state index in [1.54, 1.807) is 0 Å². The number of hydrogen-bond acceptors (Lipinski definition) is 1. The smallest absolute Gasteiger partial charge is 0.0580 e. The summed E-state index contributed by atoms with van der Waals surface area (Å²) in [5.74, 6) is 0. The molecule has 1 nitrogen and oxygen atoms in total. The third kappa shape index (κ3) is 2.82. The van der Waals surface area contributed by atoms with Gasteiger partial charge in [0.05, 0.1) is 6.10 Å². The van der Waals surface area contributed by atoms with E-state index in [4.69, 9.17) is 4.74 Å². The SMILES string of the molecule is CCC[C@@H]1CC(C)(C)CCO1. The maximum Gasteiger partial charge on any atom is 0.0580 e. The van der Waals surface area contributed by atoms with Gasteiger partial charge < -0.3 is 4.74 Å². The molecule has 1 fully saturated rings. The van der Waals surface area contributed by atoms with Crippen molar-refractivity contribution in [2.45, 2.75) is 52.6 Å². The summed E-state index contributed by atoms with van der Waals surface area (Å²) in [6, 6.07) is 0. The Bertz CT molecular complexity index is 116. The van der Waals surface area contributed by atoms with Gasteiger partial charge in [0.25, 0.3) is 0 Å². The molecule has 0 radical (unpaired) electrons. The summed E-state index contributed by atoms with van der Waals surface area (Å²) in [5, 5.41) is 0. The fourth-order valence-corrected chi connectivity index (χ4v) is 1.79. The zero-order chi connectivity index (χ0) is 8.32. The lowest BCUT2D eigenvalue weighted by Crippen LogP contribution is -2.30. The topological polar surface area (TPSA) is 9.23 Å². The molecule has 1 aliphatic rings. The predicted octanol–water partition coefficient (Wildman–Crippen LogP) is 2.99. The van der Waals surface area contributed by atoms with E-state index in [0.29, 0.717) is 11.5 Å². The normalized spacial score (nSPS) is 30.3. The highest BCUT2D eigenvalue weighted by molar-refractivity contribution is 4.77. The van der Waals surface area contributed by atoms with E-state index in [0.717, 1.165) is 6.61 Å². The molecule has 0 spiro atoms. The molecule has 0 N–H and O–H groups in total. The van der Waals surface area contributed by atoms with Crippen molar-refractivity contribution in [3.63, 3.8) is 0 Å². The molecule has 1 heteroatoms. The van der Waals surface area contributed by atoms with Crippen molar-refractivity contribution < 1.29 is 4.74 Å². The van der Waals surface area contributed by atoms with Gasteiger partial charge in [-0.05, 0) is 24.7 Å². The van der Waals surface area contributed by atoms with Gasteiger partial charge in [0.2, 0.25) is 0 Å².